The molecule has 0 fully saturated rings. The van der Waals surface area contributed by atoms with Gasteiger partial charge in [-0.15, -0.1) is 0 Å². The summed E-state index contributed by atoms with van der Waals surface area (Å²) in [4.78, 5) is 8.07. The maximum atomic E-state index is 13.9. The molecule has 2 aromatic rings. The monoisotopic (exact) mass is 279 g/mol. The van der Waals surface area contributed by atoms with Crippen LogP contribution in [0, 0.1) is 11.6 Å². The Morgan fingerprint density at radius 1 is 1.25 bits per heavy atom. The van der Waals surface area contributed by atoms with Gasteiger partial charge in [-0.1, -0.05) is 13.0 Å². The molecule has 0 aliphatic carbocycles. The quantitative estimate of drug-likeness (QED) is 0.912. The molecule has 0 unspecified atom stereocenters. The van der Waals surface area contributed by atoms with Crippen molar-refractivity contribution in [1.82, 2.24) is 9.97 Å². The Kier molecular flexibility index (Phi) is 4.45. The second-order valence-corrected chi connectivity index (χ2v) is 4.13. The molecule has 0 aliphatic heterocycles. The zero-order valence-corrected chi connectivity index (χ0v) is 11.3. The molecule has 1 aromatic heterocycles. The van der Waals surface area contributed by atoms with Gasteiger partial charge in [-0.05, 0) is 18.6 Å². The summed E-state index contributed by atoms with van der Waals surface area (Å²) >= 11 is 0. The van der Waals surface area contributed by atoms with Crippen LogP contribution in [-0.4, -0.2) is 23.6 Å². The van der Waals surface area contributed by atoms with Crippen LogP contribution in [0.4, 0.5) is 14.6 Å². The molecule has 0 aliphatic rings. The highest BCUT2D eigenvalue weighted by Crippen LogP contribution is 2.34. The molecule has 0 saturated heterocycles. The van der Waals surface area contributed by atoms with Gasteiger partial charge in [0.1, 0.15) is 12.0 Å². The van der Waals surface area contributed by atoms with Gasteiger partial charge < -0.3 is 10.1 Å². The maximum Gasteiger partial charge on any atom is 0.187 e. The molecule has 2 rings (SSSR count). The van der Waals surface area contributed by atoms with Crippen LogP contribution < -0.4 is 10.1 Å². The Hall–Kier alpha value is -2.24. The lowest BCUT2D eigenvalue weighted by Gasteiger charge is -2.13. The van der Waals surface area contributed by atoms with Crippen LogP contribution in [0.2, 0.25) is 0 Å². The molecule has 1 heterocycles. The van der Waals surface area contributed by atoms with Crippen molar-refractivity contribution in [2.24, 2.45) is 0 Å². The standard InChI is InChI=1S/C14H15F2N3O/c1-3-7-17-14-13(20-2)12(18-8-19-14)9-5-4-6-10(15)11(9)16/h4-6,8H,3,7H2,1-2H3,(H,17,18,19). The van der Waals surface area contributed by atoms with Gasteiger partial charge in [0.2, 0.25) is 0 Å². The van der Waals surface area contributed by atoms with Gasteiger partial charge in [0.15, 0.2) is 23.2 Å². The van der Waals surface area contributed by atoms with Crippen molar-refractivity contribution < 1.29 is 13.5 Å². The number of aromatic nitrogens is 2. The molecule has 6 heteroatoms. The fourth-order valence-electron chi connectivity index (χ4n) is 1.81. The van der Waals surface area contributed by atoms with Crippen molar-refractivity contribution in [2.75, 3.05) is 19.0 Å². The van der Waals surface area contributed by atoms with E-state index in [1.54, 1.807) is 0 Å². The van der Waals surface area contributed by atoms with Crippen molar-refractivity contribution in [3.05, 3.63) is 36.2 Å². The second kappa shape index (κ2) is 6.27. The number of hydrogen-bond donors (Lipinski definition) is 1. The fraction of sp³-hybridized carbons (Fsp3) is 0.286. The van der Waals surface area contributed by atoms with E-state index in [0.717, 1.165) is 12.5 Å². The molecule has 20 heavy (non-hydrogen) atoms. The van der Waals surface area contributed by atoms with Gasteiger partial charge in [-0.25, -0.2) is 18.7 Å². The zero-order valence-electron chi connectivity index (χ0n) is 11.3. The summed E-state index contributed by atoms with van der Waals surface area (Å²) in [6.07, 6.45) is 2.19. The molecule has 0 spiro atoms. The molecule has 106 valence electrons. The molecular weight excluding hydrogens is 264 g/mol. The van der Waals surface area contributed by atoms with Gasteiger partial charge in [-0.2, -0.15) is 0 Å². The number of nitrogens with zero attached hydrogens (tertiary/aromatic N) is 2. The van der Waals surface area contributed by atoms with Crippen LogP contribution in [0.15, 0.2) is 24.5 Å². The lowest BCUT2D eigenvalue weighted by atomic mass is 10.1. The van der Waals surface area contributed by atoms with E-state index in [2.05, 4.69) is 15.3 Å². The summed E-state index contributed by atoms with van der Waals surface area (Å²) < 4.78 is 32.5. The first-order valence-corrected chi connectivity index (χ1v) is 6.26. The largest absolute Gasteiger partial charge is 0.491 e. The molecule has 4 nitrogen and oxygen atoms in total. The van der Waals surface area contributed by atoms with E-state index >= 15 is 0 Å². The number of benzene rings is 1. The minimum atomic E-state index is -0.953. The summed E-state index contributed by atoms with van der Waals surface area (Å²) in [5.74, 6) is -1.12. The van der Waals surface area contributed by atoms with E-state index in [4.69, 9.17) is 4.74 Å². The molecule has 1 N–H and O–H groups in total. The molecular formula is C14H15F2N3O. The van der Waals surface area contributed by atoms with Crippen molar-refractivity contribution in [1.29, 1.82) is 0 Å². The number of rotatable bonds is 5. The molecule has 0 bridgehead atoms. The van der Waals surface area contributed by atoms with Crippen LogP contribution in [0.3, 0.4) is 0 Å². The Bertz CT molecular complexity index is 605. The highest BCUT2D eigenvalue weighted by Gasteiger charge is 2.18. The van der Waals surface area contributed by atoms with Gasteiger partial charge in [0, 0.05) is 12.1 Å². The Labute approximate surface area is 115 Å². The van der Waals surface area contributed by atoms with Crippen LogP contribution >= 0.6 is 0 Å². The summed E-state index contributed by atoms with van der Waals surface area (Å²) in [5, 5.41) is 3.07. The van der Waals surface area contributed by atoms with E-state index < -0.39 is 11.6 Å². The smallest absolute Gasteiger partial charge is 0.187 e. The van der Waals surface area contributed by atoms with Gasteiger partial charge >= 0.3 is 0 Å². The average Bonchev–Trinajstić information content (AvgIpc) is 2.47. The Balaban J connectivity index is 2.53. The van der Waals surface area contributed by atoms with Gasteiger partial charge in [0.25, 0.3) is 0 Å². The highest BCUT2D eigenvalue weighted by atomic mass is 19.2. The topological polar surface area (TPSA) is 47.0 Å². The molecule has 1 aromatic carbocycles. The lowest BCUT2D eigenvalue weighted by molar-refractivity contribution is 0.414. The van der Waals surface area contributed by atoms with Crippen LogP contribution in [-0.2, 0) is 0 Å². The zero-order chi connectivity index (χ0) is 14.5. The number of halogens is 2. The van der Waals surface area contributed by atoms with Crippen molar-refractivity contribution in [3.63, 3.8) is 0 Å². The molecule has 0 amide bonds. The number of ether oxygens (including phenoxy) is 1. The number of nitrogens with one attached hydrogen (secondary N) is 1. The van der Waals surface area contributed by atoms with E-state index in [0.29, 0.717) is 18.1 Å². The Morgan fingerprint density at radius 3 is 2.75 bits per heavy atom. The Morgan fingerprint density at radius 2 is 2.05 bits per heavy atom. The predicted octanol–water partition coefficient (Wildman–Crippen LogP) is 3.25. The summed E-state index contributed by atoms with van der Waals surface area (Å²) in [5.41, 5.74) is 0.266. The highest BCUT2D eigenvalue weighted by molar-refractivity contribution is 5.72. The minimum absolute atomic E-state index is 0.0452. The number of anilines is 1. The number of methoxy groups -OCH3 is 1. The molecule has 0 atom stereocenters. The first-order chi connectivity index (χ1) is 9.69. The van der Waals surface area contributed by atoms with E-state index in [-0.39, 0.29) is 11.3 Å². The van der Waals surface area contributed by atoms with Crippen LogP contribution in [0.5, 0.6) is 5.75 Å². The SMILES string of the molecule is CCCNc1ncnc(-c2cccc(F)c2F)c1OC. The van der Waals surface area contributed by atoms with E-state index in [1.807, 2.05) is 6.92 Å². The summed E-state index contributed by atoms with van der Waals surface area (Å²) in [6.45, 7) is 2.70. The van der Waals surface area contributed by atoms with Crippen molar-refractivity contribution >= 4 is 5.82 Å². The van der Waals surface area contributed by atoms with Gasteiger partial charge in [0.05, 0.1) is 7.11 Å². The third kappa shape index (κ3) is 2.68. The summed E-state index contributed by atoms with van der Waals surface area (Å²) in [7, 11) is 1.44. The third-order valence-corrected chi connectivity index (χ3v) is 2.76. The predicted molar refractivity (Wildman–Crippen MR) is 72.7 cm³/mol. The molecule has 0 saturated carbocycles. The van der Waals surface area contributed by atoms with E-state index in [1.165, 1.54) is 25.6 Å². The fourth-order valence-corrected chi connectivity index (χ4v) is 1.81. The average molecular weight is 279 g/mol. The van der Waals surface area contributed by atoms with Crippen molar-refractivity contribution in [3.8, 4) is 17.0 Å². The maximum absolute atomic E-state index is 13.9. The lowest BCUT2D eigenvalue weighted by Crippen LogP contribution is -2.06. The number of hydrogen-bond acceptors (Lipinski definition) is 4. The summed E-state index contributed by atoms with van der Waals surface area (Å²) in [6, 6.07) is 3.93. The van der Waals surface area contributed by atoms with Gasteiger partial charge in [-0.3, -0.25) is 0 Å². The van der Waals surface area contributed by atoms with Crippen LogP contribution in [0.25, 0.3) is 11.3 Å². The second-order valence-electron chi connectivity index (χ2n) is 4.13. The normalized spacial score (nSPS) is 10.4. The van der Waals surface area contributed by atoms with E-state index in [9.17, 15) is 8.78 Å². The third-order valence-electron chi connectivity index (χ3n) is 2.76. The van der Waals surface area contributed by atoms with Crippen molar-refractivity contribution in [2.45, 2.75) is 13.3 Å². The van der Waals surface area contributed by atoms with Crippen LogP contribution in [0.1, 0.15) is 13.3 Å². The molecule has 0 radical (unpaired) electrons. The first kappa shape index (κ1) is 14.2. The first-order valence-electron chi connectivity index (χ1n) is 6.26. The minimum Gasteiger partial charge on any atom is -0.491 e.